The summed E-state index contributed by atoms with van der Waals surface area (Å²) in [6, 6.07) is 16.1. The standard InChI is InChI=1S/2C21H27FN6O2/c2*1-14-6-7-17(10-24-14)25-21(30)26-18-5-3-4-16(20(18)22)12-27-8-9-28(13-19(23)29)15(2)11-27/h2*3-7,10,15H,8-9,11-13H2,1-2H3,(H2,23,29)(H2,25,26,30)/t2*15-/m10/s1. The molecule has 0 unspecified atom stereocenters. The number of rotatable bonds is 12. The fraction of sp³-hybridized carbons (Fsp3) is 0.381. The molecular weight excluding hydrogens is 775 g/mol. The summed E-state index contributed by atoms with van der Waals surface area (Å²) in [7, 11) is 0. The minimum atomic E-state index is -0.537. The van der Waals surface area contributed by atoms with E-state index in [1.165, 1.54) is 12.1 Å². The lowest BCUT2D eigenvalue weighted by Gasteiger charge is -2.39. The van der Waals surface area contributed by atoms with Crippen molar-refractivity contribution in [3.05, 3.63) is 107 Å². The van der Waals surface area contributed by atoms with Crippen molar-refractivity contribution in [1.29, 1.82) is 0 Å². The van der Waals surface area contributed by atoms with Crippen LogP contribution in [0.15, 0.2) is 73.1 Å². The summed E-state index contributed by atoms with van der Waals surface area (Å²) < 4.78 is 29.9. The van der Waals surface area contributed by atoms with Gasteiger partial charge >= 0.3 is 12.1 Å². The van der Waals surface area contributed by atoms with E-state index in [2.05, 4.69) is 41.0 Å². The Morgan fingerprint density at radius 2 is 1.02 bits per heavy atom. The molecule has 8 N–H and O–H groups in total. The van der Waals surface area contributed by atoms with Gasteiger partial charge in [-0.3, -0.25) is 39.2 Å². The number of piperazine rings is 2. The number of pyridine rings is 2. The minimum absolute atomic E-state index is 0.116. The van der Waals surface area contributed by atoms with Crippen molar-refractivity contribution >= 4 is 46.6 Å². The molecule has 2 aromatic heterocycles. The molecule has 2 fully saturated rings. The van der Waals surface area contributed by atoms with E-state index in [0.29, 0.717) is 74.9 Å². The number of carbonyl (C=O) groups excluding carboxylic acids is 4. The molecule has 0 spiro atoms. The number of anilines is 4. The van der Waals surface area contributed by atoms with Crippen LogP contribution in [0.1, 0.15) is 36.4 Å². The predicted molar refractivity (Wildman–Crippen MR) is 227 cm³/mol. The highest BCUT2D eigenvalue weighted by molar-refractivity contribution is 6.00. The number of amides is 6. The van der Waals surface area contributed by atoms with Gasteiger partial charge in [0.25, 0.3) is 0 Å². The van der Waals surface area contributed by atoms with Crippen LogP contribution >= 0.6 is 0 Å². The number of nitrogens with two attached hydrogens (primary N) is 2. The fourth-order valence-electron chi connectivity index (χ4n) is 7.03. The molecule has 4 heterocycles. The van der Waals surface area contributed by atoms with Crippen molar-refractivity contribution < 1.29 is 28.0 Å². The number of aryl methyl sites for hydroxylation is 2. The number of hydrogen-bond donors (Lipinski definition) is 6. The lowest BCUT2D eigenvalue weighted by atomic mass is 10.1. The second-order valence-corrected chi connectivity index (χ2v) is 15.1. The van der Waals surface area contributed by atoms with Gasteiger partial charge < -0.3 is 32.7 Å². The maximum Gasteiger partial charge on any atom is 0.323 e. The number of hydrogen-bond acceptors (Lipinski definition) is 10. The monoisotopic (exact) mass is 828 g/mol. The van der Waals surface area contributed by atoms with Crippen molar-refractivity contribution in [2.75, 3.05) is 73.6 Å². The molecule has 320 valence electrons. The van der Waals surface area contributed by atoms with Crippen LogP contribution in [0.3, 0.4) is 0 Å². The summed E-state index contributed by atoms with van der Waals surface area (Å²) in [5.74, 6) is -1.61. The van der Waals surface area contributed by atoms with Crippen LogP contribution < -0.4 is 32.7 Å². The van der Waals surface area contributed by atoms with Crippen molar-refractivity contribution in [2.45, 2.75) is 52.9 Å². The zero-order valence-electron chi connectivity index (χ0n) is 34.4. The van der Waals surface area contributed by atoms with Crippen LogP contribution in [0, 0.1) is 25.5 Å². The molecule has 6 rings (SSSR count). The zero-order chi connectivity index (χ0) is 43.3. The van der Waals surface area contributed by atoms with E-state index < -0.39 is 23.7 Å². The van der Waals surface area contributed by atoms with Gasteiger partial charge in [-0.2, -0.15) is 0 Å². The minimum Gasteiger partial charge on any atom is -0.369 e. The Labute approximate surface area is 348 Å². The van der Waals surface area contributed by atoms with Gasteiger partial charge in [-0.25, -0.2) is 18.4 Å². The molecule has 0 radical (unpaired) electrons. The van der Waals surface area contributed by atoms with E-state index in [9.17, 15) is 28.0 Å². The van der Waals surface area contributed by atoms with E-state index in [1.54, 1.807) is 60.9 Å². The second-order valence-electron chi connectivity index (χ2n) is 15.1. The first-order chi connectivity index (χ1) is 28.6. The van der Waals surface area contributed by atoms with Gasteiger partial charge in [0.15, 0.2) is 11.6 Å². The first-order valence-corrected chi connectivity index (χ1v) is 19.7. The quantitative estimate of drug-likeness (QED) is 0.119. The first-order valence-electron chi connectivity index (χ1n) is 19.7. The summed E-state index contributed by atoms with van der Waals surface area (Å²) >= 11 is 0. The molecule has 60 heavy (non-hydrogen) atoms. The largest absolute Gasteiger partial charge is 0.369 e. The van der Waals surface area contributed by atoms with Crippen LogP contribution in [-0.2, 0) is 22.7 Å². The lowest BCUT2D eigenvalue weighted by molar-refractivity contribution is -0.121. The fourth-order valence-corrected chi connectivity index (χ4v) is 7.03. The van der Waals surface area contributed by atoms with E-state index >= 15 is 0 Å². The number of nitrogens with zero attached hydrogens (tertiary/aromatic N) is 6. The number of nitrogens with one attached hydrogen (secondary N) is 4. The third-order valence-electron chi connectivity index (χ3n) is 10.2. The van der Waals surface area contributed by atoms with Gasteiger partial charge in [-0.15, -0.1) is 0 Å². The summed E-state index contributed by atoms with van der Waals surface area (Å²) in [5.41, 5.74) is 14.5. The molecule has 2 atom stereocenters. The lowest BCUT2D eigenvalue weighted by Crippen LogP contribution is -2.53. The van der Waals surface area contributed by atoms with Gasteiger partial charge in [0.1, 0.15) is 0 Å². The van der Waals surface area contributed by atoms with Gasteiger partial charge in [0, 0.05) is 87.0 Å². The van der Waals surface area contributed by atoms with Crippen LogP contribution in [0.5, 0.6) is 0 Å². The molecule has 2 saturated heterocycles. The summed E-state index contributed by atoms with van der Waals surface area (Å²) in [6.07, 6.45) is 3.08. The summed E-state index contributed by atoms with van der Waals surface area (Å²) in [4.78, 5) is 63.3. The number of benzene rings is 2. The van der Waals surface area contributed by atoms with E-state index in [-0.39, 0.29) is 48.4 Å². The maximum absolute atomic E-state index is 15.0. The van der Waals surface area contributed by atoms with E-state index in [1.807, 2.05) is 37.5 Å². The number of aromatic nitrogens is 2. The molecule has 18 heteroatoms. The molecule has 0 saturated carbocycles. The molecule has 0 aliphatic carbocycles. The first kappa shape index (κ1) is 45.0. The smallest absolute Gasteiger partial charge is 0.323 e. The predicted octanol–water partition coefficient (Wildman–Crippen LogP) is 4.33. The molecule has 4 aromatic rings. The number of halogens is 2. The molecule has 6 amide bonds. The molecule has 2 aromatic carbocycles. The highest BCUT2D eigenvalue weighted by atomic mass is 19.1. The Morgan fingerprint density at radius 1 is 0.617 bits per heavy atom. The van der Waals surface area contributed by atoms with Crippen LogP contribution in [0.4, 0.5) is 41.1 Å². The zero-order valence-corrected chi connectivity index (χ0v) is 34.4. The topological polar surface area (TPSA) is 207 Å². The second kappa shape index (κ2) is 21.3. The van der Waals surface area contributed by atoms with E-state index in [0.717, 1.165) is 11.4 Å². The highest BCUT2D eigenvalue weighted by Gasteiger charge is 2.27. The molecule has 0 bridgehead atoms. The Hall–Kier alpha value is -6.08. The Bertz CT molecular complexity index is 1960. The third-order valence-corrected chi connectivity index (χ3v) is 10.2. The van der Waals surface area contributed by atoms with E-state index in [4.69, 9.17) is 11.5 Å². The summed E-state index contributed by atoms with van der Waals surface area (Å²) in [6.45, 7) is 13.2. The van der Waals surface area contributed by atoms with Crippen LogP contribution in [0.2, 0.25) is 0 Å². The van der Waals surface area contributed by atoms with Crippen LogP contribution in [-0.4, -0.2) is 118 Å². The van der Waals surface area contributed by atoms with Gasteiger partial charge in [-0.05, 0) is 64.1 Å². The Balaban J connectivity index is 0.000000228. The molecule has 2 aliphatic rings. The third kappa shape index (κ3) is 13.5. The Kier molecular flexibility index (Phi) is 15.9. The molecule has 16 nitrogen and oxygen atoms in total. The molecular formula is C42H54F2N12O4. The van der Waals surface area contributed by atoms with Crippen molar-refractivity contribution in [1.82, 2.24) is 29.6 Å². The Morgan fingerprint density at radius 3 is 1.35 bits per heavy atom. The van der Waals surface area contributed by atoms with Crippen molar-refractivity contribution in [3.63, 3.8) is 0 Å². The number of carbonyl (C=O) groups is 4. The van der Waals surface area contributed by atoms with Gasteiger partial charge in [0.2, 0.25) is 11.8 Å². The van der Waals surface area contributed by atoms with Crippen LogP contribution in [0.25, 0.3) is 0 Å². The van der Waals surface area contributed by atoms with Crippen molar-refractivity contribution in [3.8, 4) is 0 Å². The number of urea groups is 2. The normalized spacial score (nSPS) is 17.5. The van der Waals surface area contributed by atoms with Gasteiger partial charge in [-0.1, -0.05) is 24.3 Å². The maximum atomic E-state index is 15.0. The average Bonchev–Trinajstić information content (AvgIpc) is 3.19. The average molecular weight is 829 g/mol. The van der Waals surface area contributed by atoms with Gasteiger partial charge in [0.05, 0.1) is 48.2 Å². The molecule has 2 aliphatic heterocycles. The highest BCUT2D eigenvalue weighted by Crippen LogP contribution is 2.23. The number of primary amides is 2. The summed E-state index contributed by atoms with van der Waals surface area (Å²) in [5, 5.41) is 10.4. The SMILES string of the molecule is Cc1ccc(NC(=O)Nc2cccc(CN3CCN(CC(N)=O)[C@@H](C)C3)c2F)cn1.Cc1ccc(NC(=O)Nc2cccc(CN3CCN(CC(N)=O)[C@H](C)C3)c2F)cn1. The van der Waals surface area contributed by atoms with Crippen molar-refractivity contribution in [2.24, 2.45) is 11.5 Å².